The fourth-order valence-corrected chi connectivity index (χ4v) is 0.835. The monoisotopic (exact) mass is 173 g/mol. The van der Waals surface area contributed by atoms with E-state index in [1.807, 2.05) is 30.3 Å². The molecule has 0 saturated carbocycles. The van der Waals surface area contributed by atoms with Crippen molar-refractivity contribution in [3.05, 3.63) is 35.9 Å². The Morgan fingerprint density at radius 1 is 1.33 bits per heavy atom. The minimum atomic E-state index is -0.198. The van der Waals surface area contributed by atoms with Gasteiger partial charge in [0.1, 0.15) is 0 Å². The number of carbonyl (C=O) groups excluding carboxylic acids is 1. The molecule has 0 aliphatic rings. The van der Waals surface area contributed by atoms with Gasteiger partial charge in [-0.3, -0.25) is 4.79 Å². The van der Waals surface area contributed by atoms with Crippen LogP contribution in [0, 0.1) is 0 Å². The fraction of sp³-hybridized carbons (Fsp3) is 0.222. The smallest absolute Gasteiger partial charge is 0.309 e. The Morgan fingerprint density at radius 3 is 2.42 bits per heavy atom. The summed E-state index contributed by atoms with van der Waals surface area (Å²) in [6, 6.07) is 9.52. The number of esters is 1. The minimum absolute atomic E-state index is 0. The molecular weight excluding hydrogens is 163 g/mol. The van der Waals surface area contributed by atoms with E-state index in [1.165, 1.54) is 7.11 Å². The van der Waals surface area contributed by atoms with Gasteiger partial charge in [0.25, 0.3) is 0 Å². The topological polar surface area (TPSA) is 26.3 Å². The van der Waals surface area contributed by atoms with Crippen molar-refractivity contribution in [3.8, 4) is 0 Å². The van der Waals surface area contributed by atoms with Gasteiger partial charge in [0.2, 0.25) is 0 Å². The molecule has 2 nitrogen and oxygen atoms in total. The number of carbonyl (C=O) groups is 1. The summed E-state index contributed by atoms with van der Waals surface area (Å²) >= 11 is 0. The zero-order chi connectivity index (χ0) is 8.10. The molecule has 0 unspecified atom stereocenters. The van der Waals surface area contributed by atoms with Gasteiger partial charge in [-0.2, -0.15) is 0 Å². The Bertz CT molecular complexity index is 234. The van der Waals surface area contributed by atoms with Crippen molar-refractivity contribution in [3.63, 3.8) is 0 Å². The van der Waals surface area contributed by atoms with Crippen LogP contribution in [0.5, 0.6) is 0 Å². The van der Waals surface area contributed by atoms with E-state index in [-0.39, 0.29) is 35.5 Å². The quantitative estimate of drug-likeness (QED) is 0.493. The summed E-state index contributed by atoms with van der Waals surface area (Å²) in [5.74, 6) is -0.198. The van der Waals surface area contributed by atoms with E-state index in [0.717, 1.165) is 5.56 Å². The Hall–Kier alpha value is -0.310. The molecule has 1 aromatic carbocycles. The minimum Gasteiger partial charge on any atom is -0.469 e. The molecule has 0 spiro atoms. The van der Waals surface area contributed by atoms with Gasteiger partial charge < -0.3 is 4.74 Å². The van der Waals surface area contributed by atoms with Crippen LogP contribution in [0.25, 0.3) is 0 Å². The van der Waals surface area contributed by atoms with Crippen LogP contribution in [0.15, 0.2) is 30.3 Å². The summed E-state index contributed by atoms with van der Waals surface area (Å²) in [6.45, 7) is 0. The first-order chi connectivity index (χ1) is 5.33. The largest absolute Gasteiger partial charge is 0.469 e. The Balaban J connectivity index is 0.00000121. The zero-order valence-corrected chi connectivity index (χ0v) is 9.41. The predicted octanol–water partition coefficient (Wildman–Crippen LogP) is 1.02. The number of benzene rings is 1. The van der Waals surface area contributed by atoms with Crippen molar-refractivity contribution in [1.82, 2.24) is 0 Å². The Labute approximate surface area is 94.2 Å². The Kier molecular flexibility index (Phi) is 6.07. The predicted molar refractivity (Wildman–Crippen MR) is 47.9 cm³/mol. The van der Waals surface area contributed by atoms with E-state index in [2.05, 4.69) is 4.74 Å². The van der Waals surface area contributed by atoms with Gasteiger partial charge in [-0.1, -0.05) is 30.3 Å². The number of ether oxygens (including phenoxy) is 1. The second-order valence-electron chi connectivity index (χ2n) is 2.24. The van der Waals surface area contributed by atoms with Crippen molar-refractivity contribution in [1.29, 1.82) is 0 Å². The van der Waals surface area contributed by atoms with Crippen LogP contribution in [-0.2, 0) is 16.0 Å². The first kappa shape index (κ1) is 11.7. The number of methoxy groups -OCH3 is 1. The number of hydrogen-bond donors (Lipinski definition) is 0. The maximum Gasteiger partial charge on any atom is 0.309 e. The molecule has 0 fully saturated rings. The third kappa shape index (κ3) is 3.90. The summed E-state index contributed by atoms with van der Waals surface area (Å²) < 4.78 is 4.52. The van der Waals surface area contributed by atoms with Crippen LogP contribution in [0.1, 0.15) is 5.56 Å². The molecular formula is C9H10NaO2. The van der Waals surface area contributed by atoms with Crippen LogP contribution < -0.4 is 0 Å². The molecule has 1 rings (SSSR count). The second kappa shape index (κ2) is 6.23. The van der Waals surface area contributed by atoms with Gasteiger partial charge in [-0.25, -0.2) is 0 Å². The van der Waals surface area contributed by atoms with Gasteiger partial charge in [0.05, 0.1) is 13.5 Å². The average Bonchev–Trinajstić information content (AvgIpc) is 2.06. The molecule has 1 aromatic rings. The van der Waals surface area contributed by atoms with Crippen molar-refractivity contribution >= 4 is 35.5 Å². The van der Waals surface area contributed by atoms with Gasteiger partial charge in [-0.05, 0) is 5.56 Å². The maximum absolute atomic E-state index is 10.8. The van der Waals surface area contributed by atoms with Gasteiger partial charge in [0, 0.05) is 29.6 Å². The van der Waals surface area contributed by atoms with Crippen molar-refractivity contribution in [2.24, 2.45) is 0 Å². The van der Waals surface area contributed by atoms with Crippen LogP contribution >= 0.6 is 0 Å². The molecule has 0 amide bonds. The number of rotatable bonds is 2. The van der Waals surface area contributed by atoms with E-state index in [9.17, 15) is 4.79 Å². The van der Waals surface area contributed by atoms with Gasteiger partial charge in [-0.15, -0.1) is 0 Å². The molecule has 0 atom stereocenters. The standard InChI is InChI=1S/C9H10O2.Na/c1-11-9(10)7-8-5-3-2-4-6-8;/h2-6H,7H2,1H3;. The molecule has 0 aromatic heterocycles. The molecule has 0 bridgehead atoms. The van der Waals surface area contributed by atoms with Crippen molar-refractivity contribution < 1.29 is 9.53 Å². The molecule has 0 aliphatic heterocycles. The van der Waals surface area contributed by atoms with Crippen LogP contribution in [0.3, 0.4) is 0 Å². The first-order valence-corrected chi connectivity index (χ1v) is 3.43. The van der Waals surface area contributed by atoms with Crippen molar-refractivity contribution in [2.45, 2.75) is 6.42 Å². The van der Waals surface area contributed by atoms with E-state index >= 15 is 0 Å². The van der Waals surface area contributed by atoms with E-state index in [0.29, 0.717) is 6.42 Å². The molecule has 59 valence electrons. The molecule has 0 aliphatic carbocycles. The SMILES string of the molecule is COC(=O)Cc1ccccc1.[Na]. The van der Waals surface area contributed by atoms with E-state index in [1.54, 1.807) is 0 Å². The molecule has 0 N–H and O–H groups in total. The maximum atomic E-state index is 10.8. The summed E-state index contributed by atoms with van der Waals surface area (Å²) in [5.41, 5.74) is 0.986. The first-order valence-electron chi connectivity index (χ1n) is 3.43. The molecule has 0 saturated heterocycles. The Morgan fingerprint density at radius 2 is 1.92 bits per heavy atom. The summed E-state index contributed by atoms with van der Waals surface area (Å²) in [7, 11) is 1.39. The van der Waals surface area contributed by atoms with E-state index < -0.39 is 0 Å². The zero-order valence-electron chi connectivity index (χ0n) is 7.41. The summed E-state index contributed by atoms with van der Waals surface area (Å²) in [4.78, 5) is 10.8. The summed E-state index contributed by atoms with van der Waals surface area (Å²) in [6.07, 6.45) is 0.358. The normalized spacial score (nSPS) is 8.42. The molecule has 12 heavy (non-hydrogen) atoms. The fourth-order valence-electron chi connectivity index (χ4n) is 0.835. The third-order valence-electron chi connectivity index (χ3n) is 1.42. The van der Waals surface area contributed by atoms with Gasteiger partial charge >= 0.3 is 5.97 Å². The molecule has 3 heteroatoms. The van der Waals surface area contributed by atoms with Crippen LogP contribution in [-0.4, -0.2) is 42.6 Å². The second-order valence-corrected chi connectivity index (χ2v) is 2.24. The van der Waals surface area contributed by atoms with Crippen LogP contribution in [0.4, 0.5) is 0 Å². The molecule has 1 radical (unpaired) electrons. The number of hydrogen-bond acceptors (Lipinski definition) is 2. The van der Waals surface area contributed by atoms with Crippen molar-refractivity contribution in [2.75, 3.05) is 7.11 Å². The average molecular weight is 173 g/mol. The summed E-state index contributed by atoms with van der Waals surface area (Å²) in [5, 5.41) is 0. The molecule has 0 heterocycles. The van der Waals surface area contributed by atoms with Gasteiger partial charge in [0.15, 0.2) is 0 Å². The van der Waals surface area contributed by atoms with Crippen LogP contribution in [0.2, 0.25) is 0 Å². The van der Waals surface area contributed by atoms with E-state index in [4.69, 9.17) is 0 Å². The third-order valence-corrected chi connectivity index (χ3v) is 1.42.